The van der Waals surface area contributed by atoms with Crippen molar-refractivity contribution in [3.05, 3.63) is 24.3 Å². The molecular formula is C23H34N2O7. The highest BCUT2D eigenvalue weighted by Gasteiger charge is 2.39. The van der Waals surface area contributed by atoms with Crippen molar-refractivity contribution < 1.29 is 34.0 Å². The van der Waals surface area contributed by atoms with Crippen LogP contribution in [0.15, 0.2) is 24.3 Å². The summed E-state index contributed by atoms with van der Waals surface area (Å²) < 4.78 is 17.2. The maximum atomic E-state index is 13.4. The zero-order valence-corrected chi connectivity index (χ0v) is 18.9. The smallest absolute Gasteiger partial charge is 0.306 e. The van der Waals surface area contributed by atoms with Crippen LogP contribution in [0.4, 0.5) is 5.69 Å². The summed E-state index contributed by atoms with van der Waals surface area (Å²) in [4.78, 5) is 26.1. The molecule has 0 spiro atoms. The lowest BCUT2D eigenvalue weighted by molar-refractivity contribution is -0.142. The van der Waals surface area contributed by atoms with Gasteiger partial charge in [0.2, 0.25) is 5.91 Å². The molecule has 9 nitrogen and oxygen atoms in total. The number of rotatable bonds is 9. The number of carbonyl (C=O) groups is 2. The number of aliphatic carboxylic acids is 1. The summed E-state index contributed by atoms with van der Waals surface area (Å²) in [7, 11) is 0. The first-order chi connectivity index (χ1) is 15.1. The number of carbonyl (C=O) groups excluding carboxylic acids is 1. The Kier molecular flexibility index (Phi) is 7.76. The molecule has 0 radical (unpaired) electrons. The Hall–Kier alpha value is -2.20. The standard InChI is InChI=1S/C23H34N2O7/c1-14(21(28)29)10-17(26)15(24)11-23(2,3)12-20(27)25-13-19(22-30-8-9-31-22)32-18-7-5-4-6-16(18)25/h4-7,14-15,17,19,22,26H,8-13,24H2,1-3H3,(H,28,29)/t14-,15+,17+,19-/m1/s1. The number of hydrogen-bond donors (Lipinski definition) is 3. The number of benzene rings is 1. The summed E-state index contributed by atoms with van der Waals surface area (Å²) in [5, 5.41) is 19.4. The summed E-state index contributed by atoms with van der Waals surface area (Å²) in [5.74, 6) is -1.15. The van der Waals surface area contributed by atoms with Crippen LogP contribution in [0.1, 0.15) is 40.0 Å². The molecule has 0 saturated carbocycles. The van der Waals surface area contributed by atoms with Crippen LogP contribution >= 0.6 is 0 Å². The number of ether oxygens (including phenoxy) is 3. The van der Waals surface area contributed by atoms with E-state index in [4.69, 9.17) is 25.1 Å². The van der Waals surface area contributed by atoms with Gasteiger partial charge in [-0.2, -0.15) is 0 Å². The van der Waals surface area contributed by atoms with Gasteiger partial charge in [0.25, 0.3) is 0 Å². The predicted octanol–water partition coefficient (Wildman–Crippen LogP) is 1.76. The van der Waals surface area contributed by atoms with Crippen LogP contribution in [0.2, 0.25) is 0 Å². The van der Waals surface area contributed by atoms with Gasteiger partial charge in [-0.3, -0.25) is 9.59 Å². The fourth-order valence-corrected chi connectivity index (χ4v) is 4.22. The molecule has 9 heteroatoms. The van der Waals surface area contributed by atoms with Crippen LogP contribution in [-0.2, 0) is 19.1 Å². The number of carboxylic acids is 1. The molecule has 2 heterocycles. The van der Waals surface area contributed by atoms with E-state index in [0.717, 1.165) is 0 Å². The van der Waals surface area contributed by atoms with E-state index in [-0.39, 0.29) is 18.7 Å². The van der Waals surface area contributed by atoms with Gasteiger partial charge in [-0.05, 0) is 30.4 Å². The number of amides is 1. The topological polar surface area (TPSA) is 132 Å². The molecule has 0 bridgehead atoms. The summed E-state index contributed by atoms with van der Waals surface area (Å²) in [6, 6.07) is 6.73. The highest BCUT2D eigenvalue weighted by atomic mass is 16.7. The minimum atomic E-state index is -0.971. The SMILES string of the molecule is C[C@H](C[C@H](O)[C@@H](N)CC(C)(C)CC(=O)N1C[C@H](C2OCCO2)Oc2ccccc21)C(=O)O. The minimum Gasteiger partial charge on any atom is -0.481 e. The lowest BCUT2D eigenvalue weighted by Gasteiger charge is -2.38. The fourth-order valence-electron chi connectivity index (χ4n) is 4.22. The van der Waals surface area contributed by atoms with E-state index in [1.807, 2.05) is 38.1 Å². The van der Waals surface area contributed by atoms with E-state index in [2.05, 4.69) is 0 Å². The minimum absolute atomic E-state index is 0.0699. The second-order valence-electron chi connectivity index (χ2n) is 9.49. The van der Waals surface area contributed by atoms with Crippen molar-refractivity contribution in [2.75, 3.05) is 24.7 Å². The summed E-state index contributed by atoms with van der Waals surface area (Å²) in [6.07, 6.45) is -1.26. The normalized spacial score (nSPS) is 22.0. The van der Waals surface area contributed by atoms with Crippen LogP contribution in [0, 0.1) is 11.3 Å². The van der Waals surface area contributed by atoms with Crippen molar-refractivity contribution in [2.24, 2.45) is 17.1 Å². The zero-order chi connectivity index (χ0) is 23.5. The largest absolute Gasteiger partial charge is 0.481 e. The van der Waals surface area contributed by atoms with E-state index >= 15 is 0 Å². The number of carboxylic acid groups (broad SMARTS) is 1. The Labute approximate surface area is 188 Å². The molecule has 3 rings (SSSR count). The first kappa shape index (κ1) is 24.4. The van der Waals surface area contributed by atoms with Gasteiger partial charge < -0.3 is 35.1 Å². The second-order valence-corrected chi connectivity index (χ2v) is 9.49. The van der Waals surface area contributed by atoms with E-state index in [1.54, 1.807) is 4.90 Å². The van der Waals surface area contributed by atoms with Crippen LogP contribution in [0.3, 0.4) is 0 Å². The van der Waals surface area contributed by atoms with Crippen LogP contribution in [-0.4, -0.2) is 66.4 Å². The van der Waals surface area contributed by atoms with E-state index in [1.165, 1.54) is 6.92 Å². The molecule has 2 aliphatic rings. The number of nitrogens with zero attached hydrogens (tertiary/aromatic N) is 1. The second kappa shape index (κ2) is 10.2. The van der Waals surface area contributed by atoms with Gasteiger partial charge in [0.05, 0.1) is 37.5 Å². The number of fused-ring (bicyclic) bond motifs is 1. The van der Waals surface area contributed by atoms with Gasteiger partial charge in [0, 0.05) is 12.5 Å². The number of aliphatic hydroxyl groups excluding tert-OH is 1. The monoisotopic (exact) mass is 450 g/mol. The fraction of sp³-hybridized carbons (Fsp3) is 0.652. The molecule has 178 valence electrons. The molecule has 0 aliphatic carbocycles. The molecule has 1 fully saturated rings. The Morgan fingerprint density at radius 1 is 1.25 bits per heavy atom. The van der Waals surface area contributed by atoms with Gasteiger partial charge in [-0.15, -0.1) is 0 Å². The van der Waals surface area contributed by atoms with Gasteiger partial charge in [-0.25, -0.2) is 0 Å². The van der Waals surface area contributed by atoms with E-state index in [0.29, 0.717) is 37.6 Å². The number of para-hydroxylation sites is 2. The van der Waals surface area contributed by atoms with Crippen molar-refractivity contribution in [3.63, 3.8) is 0 Å². The highest BCUT2D eigenvalue weighted by Crippen LogP contribution is 2.37. The summed E-state index contributed by atoms with van der Waals surface area (Å²) in [5.41, 5.74) is 6.36. The first-order valence-corrected chi connectivity index (χ1v) is 11.0. The van der Waals surface area contributed by atoms with Crippen LogP contribution in [0.5, 0.6) is 5.75 Å². The van der Waals surface area contributed by atoms with Gasteiger partial charge >= 0.3 is 5.97 Å². The van der Waals surface area contributed by atoms with E-state index in [9.17, 15) is 14.7 Å². The van der Waals surface area contributed by atoms with Crippen molar-refractivity contribution >= 4 is 17.6 Å². The average molecular weight is 451 g/mol. The van der Waals surface area contributed by atoms with Crippen LogP contribution in [0.25, 0.3) is 0 Å². The van der Waals surface area contributed by atoms with Gasteiger partial charge in [0.15, 0.2) is 12.4 Å². The number of aliphatic hydroxyl groups is 1. The van der Waals surface area contributed by atoms with E-state index < -0.39 is 41.8 Å². The van der Waals surface area contributed by atoms with Crippen molar-refractivity contribution in [1.82, 2.24) is 0 Å². The Balaban J connectivity index is 1.66. The molecule has 1 amide bonds. The Morgan fingerprint density at radius 3 is 2.56 bits per heavy atom. The molecule has 1 aromatic rings. The molecule has 2 aliphatic heterocycles. The number of hydrogen-bond acceptors (Lipinski definition) is 7. The molecule has 32 heavy (non-hydrogen) atoms. The van der Waals surface area contributed by atoms with Crippen LogP contribution < -0.4 is 15.4 Å². The molecule has 0 unspecified atom stereocenters. The lowest BCUT2D eigenvalue weighted by atomic mass is 9.80. The molecule has 4 N–H and O–H groups in total. The average Bonchev–Trinajstić information content (AvgIpc) is 3.26. The third-order valence-corrected chi connectivity index (χ3v) is 5.98. The lowest BCUT2D eigenvalue weighted by Crippen LogP contribution is -2.50. The highest BCUT2D eigenvalue weighted by molar-refractivity contribution is 5.95. The third kappa shape index (κ3) is 5.98. The summed E-state index contributed by atoms with van der Waals surface area (Å²) in [6.45, 7) is 6.68. The molecule has 1 saturated heterocycles. The predicted molar refractivity (Wildman–Crippen MR) is 117 cm³/mol. The Bertz CT molecular complexity index is 809. The molecule has 0 aromatic heterocycles. The Morgan fingerprint density at radius 2 is 1.91 bits per heavy atom. The molecular weight excluding hydrogens is 416 g/mol. The first-order valence-electron chi connectivity index (χ1n) is 11.0. The zero-order valence-electron chi connectivity index (χ0n) is 18.9. The van der Waals surface area contributed by atoms with Crippen molar-refractivity contribution in [2.45, 2.75) is 64.6 Å². The quantitative estimate of drug-likeness (QED) is 0.519. The van der Waals surface area contributed by atoms with Gasteiger partial charge in [-0.1, -0.05) is 32.9 Å². The third-order valence-electron chi connectivity index (χ3n) is 5.98. The maximum absolute atomic E-state index is 13.4. The van der Waals surface area contributed by atoms with Crippen molar-refractivity contribution in [3.8, 4) is 5.75 Å². The molecule has 1 aromatic carbocycles. The number of anilines is 1. The van der Waals surface area contributed by atoms with Gasteiger partial charge in [0.1, 0.15) is 5.75 Å². The van der Waals surface area contributed by atoms with Crippen molar-refractivity contribution in [1.29, 1.82) is 0 Å². The maximum Gasteiger partial charge on any atom is 0.306 e. The summed E-state index contributed by atoms with van der Waals surface area (Å²) >= 11 is 0. The molecule has 4 atom stereocenters. The number of nitrogens with two attached hydrogens (primary N) is 1.